The highest BCUT2D eigenvalue weighted by Crippen LogP contribution is 2.30. The minimum atomic E-state index is -0.778. The van der Waals surface area contributed by atoms with Crippen LogP contribution in [0.2, 0.25) is 0 Å². The molecule has 8 nitrogen and oxygen atoms in total. The Morgan fingerprint density at radius 3 is 2.87 bits per heavy atom. The molecule has 5 heterocycles. The third kappa shape index (κ3) is 4.15. The molecule has 9 heteroatoms. The maximum absolute atomic E-state index is 13.7. The summed E-state index contributed by atoms with van der Waals surface area (Å²) in [5, 5.41) is 17.4. The minimum Gasteiger partial charge on any atom is -0.387 e. The lowest BCUT2D eigenvalue weighted by Gasteiger charge is -2.30. The molecule has 0 radical (unpaired) electrons. The van der Waals surface area contributed by atoms with Gasteiger partial charge < -0.3 is 20.6 Å². The minimum absolute atomic E-state index is 0.433. The number of pyridine rings is 2. The van der Waals surface area contributed by atoms with E-state index < -0.39 is 12.3 Å². The van der Waals surface area contributed by atoms with E-state index in [0.717, 1.165) is 30.6 Å². The number of hydrogen-bond donors (Lipinski definition) is 3. The number of nitrogens with zero attached hydrogens (tertiary/aromatic N) is 5. The monoisotopic (exact) mass is 423 g/mol. The lowest BCUT2D eigenvalue weighted by molar-refractivity contribution is 0.194. The number of aliphatic hydroxyl groups is 1. The van der Waals surface area contributed by atoms with Gasteiger partial charge in [-0.25, -0.2) is 24.3 Å². The average Bonchev–Trinajstić information content (AvgIpc) is 2.79. The SMILES string of the molecule is C[C@@H](O)c1cc2cnc(Nc3ccc4c(n3)CCNC4)nc2c(N2CCC(F)CC2)n1. The molecule has 0 bridgehead atoms. The Labute approximate surface area is 180 Å². The van der Waals surface area contributed by atoms with Crippen LogP contribution >= 0.6 is 0 Å². The summed E-state index contributed by atoms with van der Waals surface area (Å²) < 4.78 is 13.7. The van der Waals surface area contributed by atoms with E-state index in [1.807, 2.05) is 11.0 Å². The molecule has 31 heavy (non-hydrogen) atoms. The summed E-state index contributed by atoms with van der Waals surface area (Å²) in [6, 6.07) is 5.81. The molecule has 0 spiro atoms. The van der Waals surface area contributed by atoms with Crippen molar-refractivity contribution in [2.75, 3.05) is 29.9 Å². The zero-order valence-electron chi connectivity index (χ0n) is 17.5. The Kier molecular flexibility index (Phi) is 5.37. The van der Waals surface area contributed by atoms with Gasteiger partial charge >= 0.3 is 0 Å². The fraction of sp³-hybridized carbons (Fsp3) is 0.455. The molecule has 2 aliphatic heterocycles. The molecule has 3 aromatic rings. The Bertz CT molecular complexity index is 1100. The van der Waals surface area contributed by atoms with Gasteiger partial charge in [-0.05, 0) is 37.5 Å². The molecule has 5 rings (SSSR count). The van der Waals surface area contributed by atoms with Crippen LogP contribution in [0.25, 0.3) is 10.9 Å². The lowest BCUT2D eigenvalue weighted by Crippen LogP contribution is -2.35. The van der Waals surface area contributed by atoms with Gasteiger partial charge in [0.05, 0.1) is 11.8 Å². The summed E-state index contributed by atoms with van der Waals surface area (Å²) in [6.45, 7) is 4.58. The molecule has 2 aliphatic rings. The molecule has 1 fully saturated rings. The van der Waals surface area contributed by atoms with E-state index in [0.29, 0.717) is 54.7 Å². The van der Waals surface area contributed by atoms with Gasteiger partial charge in [0.15, 0.2) is 5.82 Å². The Morgan fingerprint density at radius 1 is 1.23 bits per heavy atom. The van der Waals surface area contributed by atoms with Gasteiger partial charge in [0.2, 0.25) is 5.95 Å². The summed E-state index contributed by atoms with van der Waals surface area (Å²) in [6.07, 6.45) is 2.06. The number of anilines is 3. The van der Waals surface area contributed by atoms with Crippen LogP contribution in [0.3, 0.4) is 0 Å². The Balaban J connectivity index is 1.50. The maximum atomic E-state index is 13.7. The van der Waals surface area contributed by atoms with Crippen molar-refractivity contribution >= 4 is 28.5 Å². The first-order valence-corrected chi connectivity index (χ1v) is 10.8. The number of aliphatic hydroxyl groups excluding tert-OH is 1. The van der Waals surface area contributed by atoms with Crippen LogP contribution < -0.4 is 15.5 Å². The number of halogens is 1. The fourth-order valence-electron chi connectivity index (χ4n) is 4.12. The van der Waals surface area contributed by atoms with Gasteiger partial charge in [-0.1, -0.05) is 6.07 Å². The second-order valence-electron chi connectivity index (χ2n) is 8.19. The first-order valence-electron chi connectivity index (χ1n) is 10.8. The first kappa shape index (κ1) is 20.0. The van der Waals surface area contributed by atoms with Crippen molar-refractivity contribution in [1.29, 1.82) is 0 Å². The van der Waals surface area contributed by atoms with Crippen molar-refractivity contribution in [1.82, 2.24) is 25.3 Å². The second kappa shape index (κ2) is 8.32. The molecular weight excluding hydrogens is 397 g/mol. The van der Waals surface area contributed by atoms with Crippen molar-refractivity contribution < 1.29 is 9.50 Å². The van der Waals surface area contributed by atoms with E-state index in [1.54, 1.807) is 19.2 Å². The van der Waals surface area contributed by atoms with Crippen molar-refractivity contribution in [2.24, 2.45) is 0 Å². The van der Waals surface area contributed by atoms with Gasteiger partial charge in [-0.15, -0.1) is 0 Å². The number of alkyl halides is 1. The van der Waals surface area contributed by atoms with Crippen LogP contribution in [0.15, 0.2) is 24.4 Å². The molecule has 3 N–H and O–H groups in total. The molecule has 0 saturated carbocycles. The van der Waals surface area contributed by atoms with E-state index in [2.05, 4.69) is 26.7 Å². The van der Waals surface area contributed by atoms with Gasteiger partial charge in [-0.2, -0.15) is 0 Å². The van der Waals surface area contributed by atoms with Crippen molar-refractivity contribution in [3.63, 3.8) is 0 Å². The summed E-state index contributed by atoms with van der Waals surface area (Å²) in [5.41, 5.74) is 3.53. The smallest absolute Gasteiger partial charge is 0.229 e. The van der Waals surface area contributed by atoms with Gasteiger partial charge in [0.25, 0.3) is 0 Å². The highest BCUT2D eigenvalue weighted by molar-refractivity contribution is 5.89. The topological polar surface area (TPSA) is 99.1 Å². The van der Waals surface area contributed by atoms with Crippen LogP contribution in [0.1, 0.15) is 42.8 Å². The zero-order valence-corrected chi connectivity index (χ0v) is 17.5. The van der Waals surface area contributed by atoms with Crippen molar-refractivity contribution in [2.45, 2.75) is 45.0 Å². The first-order chi connectivity index (χ1) is 15.1. The third-order valence-corrected chi connectivity index (χ3v) is 5.88. The van der Waals surface area contributed by atoms with Crippen molar-refractivity contribution in [3.8, 4) is 0 Å². The molecule has 0 amide bonds. The second-order valence-corrected chi connectivity index (χ2v) is 8.19. The summed E-state index contributed by atoms with van der Waals surface area (Å²) in [5.74, 6) is 1.80. The van der Waals surface area contributed by atoms with Crippen LogP contribution in [0, 0.1) is 0 Å². The van der Waals surface area contributed by atoms with E-state index in [4.69, 9.17) is 9.97 Å². The Hall–Kier alpha value is -2.91. The van der Waals surface area contributed by atoms with Crippen molar-refractivity contribution in [3.05, 3.63) is 41.3 Å². The quantitative estimate of drug-likeness (QED) is 0.589. The zero-order chi connectivity index (χ0) is 21.4. The number of hydrogen-bond acceptors (Lipinski definition) is 8. The maximum Gasteiger partial charge on any atom is 0.229 e. The van der Waals surface area contributed by atoms with Gasteiger partial charge in [-0.3, -0.25) is 0 Å². The average molecular weight is 423 g/mol. The summed E-state index contributed by atoms with van der Waals surface area (Å²) in [7, 11) is 0. The largest absolute Gasteiger partial charge is 0.387 e. The molecule has 0 aliphatic carbocycles. The number of nitrogens with one attached hydrogen (secondary N) is 2. The van der Waals surface area contributed by atoms with Crippen LogP contribution in [0.5, 0.6) is 0 Å². The van der Waals surface area contributed by atoms with Crippen LogP contribution in [-0.2, 0) is 13.0 Å². The predicted molar refractivity (Wildman–Crippen MR) is 117 cm³/mol. The number of aromatic nitrogens is 4. The lowest BCUT2D eigenvalue weighted by atomic mass is 10.1. The van der Waals surface area contributed by atoms with Gasteiger partial charge in [0, 0.05) is 49.9 Å². The number of piperidine rings is 1. The molecular formula is C22H26FN7O. The normalized spacial score (nSPS) is 18.1. The number of fused-ring (bicyclic) bond motifs is 2. The van der Waals surface area contributed by atoms with Gasteiger partial charge in [0.1, 0.15) is 17.5 Å². The fourth-order valence-corrected chi connectivity index (χ4v) is 4.12. The summed E-state index contributed by atoms with van der Waals surface area (Å²) >= 11 is 0. The molecule has 3 aromatic heterocycles. The highest BCUT2D eigenvalue weighted by Gasteiger charge is 2.23. The molecule has 162 valence electrons. The van der Waals surface area contributed by atoms with E-state index in [-0.39, 0.29) is 0 Å². The molecule has 0 aromatic carbocycles. The van der Waals surface area contributed by atoms with E-state index >= 15 is 0 Å². The number of rotatable bonds is 4. The van der Waals surface area contributed by atoms with E-state index in [1.165, 1.54) is 5.56 Å². The van der Waals surface area contributed by atoms with Crippen LogP contribution in [0.4, 0.5) is 22.0 Å². The summed E-state index contributed by atoms with van der Waals surface area (Å²) in [4.78, 5) is 20.6. The van der Waals surface area contributed by atoms with E-state index in [9.17, 15) is 9.50 Å². The Morgan fingerprint density at radius 2 is 2.06 bits per heavy atom. The molecule has 0 unspecified atom stereocenters. The molecule has 1 atom stereocenters. The third-order valence-electron chi connectivity index (χ3n) is 5.88. The standard InChI is InChI=1S/C22H26FN7O/c1-13(31)18-10-15-12-25-22(28-19-3-2-14-11-24-7-4-17(14)26-19)29-20(15)21(27-18)30-8-5-16(23)6-9-30/h2-3,10,12-13,16,24,31H,4-9,11H2,1H3,(H,25,26,28,29)/t13-/m1/s1. The predicted octanol–water partition coefficient (Wildman–Crippen LogP) is 2.80. The molecule has 1 saturated heterocycles. The van der Waals surface area contributed by atoms with Crippen LogP contribution in [-0.4, -0.2) is 50.8 Å². The highest BCUT2D eigenvalue weighted by atomic mass is 19.1.